The zero-order valence-electron chi connectivity index (χ0n) is 15.0. The Hall–Kier alpha value is -1.40. The molecule has 6 heteroatoms. The summed E-state index contributed by atoms with van der Waals surface area (Å²) in [6, 6.07) is 0. The van der Waals surface area contributed by atoms with Crippen LogP contribution < -0.4 is 0 Å². The Morgan fingerprint density at radius 3 is 2.79 bits per heavy atom. The van der Waals surface area contributed by atoms with Gasteiger partial charge in [0, 0.05) is 44.8 Å². The van der Waals surface area contributed by atoms with Crippen molar-refractivity contribution in [2.24, 2.45) is 13.0 Å². The van der Waals surface area contributed by atoms with Crippen molar-refractivity contribution in [3.63, 3.8) is 0 Å². The van der Waals surface area contributed by atoms with Crippen LogP contribution in [0.4, 0.5) is 0 Å². The molecular formula is C18H27N3O3. The number of hydrogen-bond acceptors (Lipinski definition) is 4. The number of hydrogen-bond donors (Lipinski definition) is 0. The molecule has 0 radical (unpaired) electrons. The quantitative estimate of drug-likeness (QED) is 0.850. The van der Waals surface area contributed by atoms with E-state index in [2.05, 4.69) is 16.9 Å². The zero-order valence-corrected chi connectivity index (χ0v) is 15.0. The van der Waals surface area contributed by atoms with E-state index in [-0.39, 0.29) is 23.7 Å². The van der Waals surface area contributed by atoms with Gasteiger partial charge in [-0.1, -0.05) is 0 Å². The third-order valence-corrected chi connectivity index (χ3v) is 6.07. The number of methoxy groups -OCH3 is 1. The SMILES string of the molecule is COCC1CC2(CCN2C(=O)c2nn(C)c3c2C[C@H](C)O[C@@H]3C)C1. The highest BCUT2D eigenvalue weighted by atomic mass is 16.5. The van der Waals surface area contributed by atoms with Gasteiger partial charge in [0.25, 0.3) is 5.91 Å². The molecule has 0 unspecified atom stereocenters. The minimum Gasteiger partial charge on any atom is -0.384 e. The minimum absolute atomic E-state index is 0.0112. The first-order chi connectivity index (χ1) is 11.4. The molecule has 1 aromatic rings. The van der Waals surface area contributed by atoms with E-state index in [1.807, 2.05) is 18.7 Å². The number of fused-ring (bicyclic) bond motifs is 1. The third-order valence-electron chi connectivity index (χ3n) is 6.07. The van der Waals surface area contributed by atoms with Crippen molar-refractivity contribution in [3.8, 4) is 0 Å². The predicted octanol–water partition coefficient (Wildman–Crippen LogP) is 2.08. The summed E-state index contributed by atoms with van der Waals surface area (Å²) in [6.07, 6.45) is 4.13. The van der Waals surface area contributed by atoms with Crippen molar-refractivity contribution in [1.29, 1.82) is 0 Å². The lowest BCUT2D eigenvalue weighted by molar-refractivity contribution is -0.0945. The number of aryl methyl sites for hydroxylation is 1. The monoisotopic (exact) mass is 333 g/mol. The summed E-state index contributed by atoms with van der Waals surface area (Å²) in [5, 5.41) is 4.58. The van der Waals surface area contributed by atoms with Gasteiger partial charge in [-0.15, -0.1) is 0 Å². The van der Waals surface area contributed by atoms with Gasteiger partial charge in [0.05, 0.1) is 17.9 Å². The van der Waals surface area contributed by atoms with Crippen LogP contribution in [0.5, 0.6) is 0 Å². The van der Waals surface area contributed by atoms with Crippen LogP contribution in [-0.2, 0) is 22.9 Å². The lowest BCUT2D eigenvalue weighted by Crippen LogP contribution is -2.68. The molecule has 3 aliphatic rings. The van der Waals surface area contributed by atoms with Crippen molar-refractivity contribution in [2.45, 2.75) is 57.3 Å². The van der Waals surface area contributed by atoms with Gasteiger partial charge in [0.2, 0.25) is 0 Å². The van der Waals surface area contributed by atoms with Gasteiger partial charge in [-0.05, 0) is 39.0 Å². The molecule has 3 heterocycles. The molecule has 2 atom stereocenters. The second kappa shape index (κ2) is 5.56. The average molecular weight is 333 g/mol. The van der Waals surface area contributed by atoms with Crippen LogP contribution in [0.25, 0.3) is 0 Å². The second-order valence-electron chi connectivity index (χ2n) is 7.79. The van der Waals surface area contributed by atoms with E-state index in [0.717, 1.165) is 50.1 Å². The molecule has 1 amide bonds. The second-order valence-corrected chi connectivity index (χ2v) is 7.79. The van der Waals surface area contributed by atoms with Gasteiger partial charge in [-0.3, -0.25) is 9.48 Å². The number of nitrogens with zero attached hydrogens (tertiary/aromatic N) is 3. The first-order valence-corrected chi connectivity index (χ1v) is 8.97. The van der Waals surface area contributed by atoms with Crippen molar-refractivity contribution in [3.05, 3.63) is 17.0 Å². The first-order valence-electron chi connectivity index (χ1n) is 8.97. The summed E-state index contributed by atoms with van der Waals surface area (Å²) in [5.41, 5.74) is 2.86. The number of ether oxygens (including phenoxy) is 2. The minimum atomic E-state index is -0.0112. The molecule has 2 aliphatic heterocycles. The molecule has 0 aromatic carbocycles. The highest BCUT2D eigenvalue weighted by molar-refractivity contribution is 5.95. The number of carbonyl (C=O) groups excluding carboxylic acids is 1. The fourth-order valence-corrected chi connectivity index (χ4v) is 4.99. The van der Waals surface area contributed by atoms with Crippen LogP contribution >= 0.6 is 0 Å². The Balaban J connectivity index is 1.57. The van der Waals surface area contributed by atoms with Crippen LogP contribution in [0.1, 0.15) is 61.0 Å². The molecule has 1 saturated heterocycles. The topological polar surface area (TPSA) is 56.6 Å². The Morgan fingerprint density at radius 2 is 2.17 bits per heavy atom. The Bertz CT molecular complexity index is 663. The number of likely N-dealkylation sites (tertiary alicyclic amines) is 1. The van der Waals surface area contributed by atoms with E-state index < -0.39 is 0 Å². The van der Waals surface area contributed by atoms with E-state index in [4.69, 9.17) is 9.47 Å². The van der Waals surface area contributed by atoms with E-state index in [9.17, 15) is 4.79 Å². The molecule has 1 aromatic heterocycles. The molecule has 0 bridgehead atoms. The van der Waals surface area contributed by atoms with Crippen LogP contribution in [0.2, 0.25) is 0 Å². The fraction of sp³-hybridized carbons (Fsp3) is 0.778. The summed E-state index contributed by atoms with van der Waals surface area (Å²) in [4.78, 5) is 15.2. The summed E-state index contributed by atoms with van der Waals surface area (Å²) in [6.45, 7) is 5.75. The largest absolute Gasteiger partial charge is 0.384 e. The van der Waals surface area contributed by atoms with Gasteiger partial charge in [-0.2, -0.15) is 5.10 Å². The van der Waals surface area contributed by atoms with Gasteiger partial charge in [-0.25, -0.2) is 0 Å². The van der Waals surface area contributed by atoms with E-state index >= 15 is 0 Å². The van der Waals surface area contributed by atoms with Crippen LogP contribution in [0.15, 0.2) is 0 Å². The van der Waals surface area contributed by atoms with Crippen LogP contribution in [0.3, 0.4) is 0 Å². The summed E-state index contributed by atoms with van der Waals surface area (Å²) >= 11 is 0. The van der Waals surface area contributed by atoms with Crippen LogP contribution in [-0.4, -0.2) is 52.5 Å². The van der Waals surface area contributed by atoms with E-state index in [1.54, 1.807) is 7.11 Å². The van der Waals surface area contributed by atoms with E-state index in [0.29, 0.717) is 11.6 Å². The molecule has 2 fully saturated rings. The normalized spacial score (nSPS) is 34.7. The predicted molar refractivity (Wildman–Crippen MR) is 88.9 cm³/mol. The maximum Gasteiger partial charge on any atom is 0.275 e. The molecule has 0 N–H and O–H groups in total. The van der Waals surface area contributed by atoms with Gasteiger partial charge < -0.3 is 14.4 Å². The fourth-order valence-electron chi connectivity index (χ4n) is 4.99. The first kappa shape index (κ1) is 16.1. The molecule has 24 heavy (non-hydrogen) atoms. The smallest absolute Gasteiger partial charge is 0.275 e. The molecular weight excluding hydrogens is 306 g/mol. The van der Waals surface area contributed by atoms with Gasteiger partial charge in [0.15, 0.2) is 5.69 Å². The summed E-state index contributed by atoms with van der Waals surface area (Å²) < 4.78 is 13.0. The molecule has 132 valence electrons. The molecule has 1 aliphatic carbocycles. The molecule has 1 saturated carbocycles. The Labute approximate surface area is 143 Å². The Kier molecular flexibility index (Phi) is 3.73. The molecule has 4 rings (SSSR count). The van der Waals surface area contributed by atoms with Crippen molar-refractivity contribution in [1.82, 2.24) is 14.7 Å². The number of aromatic nitrogens is 2. The lowest BCUT2D eigenvalue weighted by Gasteiger charge is -2.61. The Morgan fingerprint density at radius 1 is 1.42 bits per heavy atom. The van der Waals surface area contributed by atoms with E-state index in [1.165, 1.54) is 0 Å². The van der Waals surface area contributed by atoms with Crippen molar-refractivity contribution >= 4 is 5.91 Å². The number of amides is 1. The summed E-state index contributed by atoms with van der Waals surface area (Å²) in [5.74, 6) is 0.701. The zero-order chi connectivity index (χ0) is 17.1. The van der Waals surface area contributed by atoms with Crippen molar-refractivity contribution < 1.29 is 14.3 Å². The maximum absolute atomic E-state index is 13.2. The van der Waals surface area contributed by atoms with Gasteiger partial charge in [0.1, 0.15) is 0 Å². The molecule has 6 nitrogen and oxygen atoms in total. The van der Waals surface area contributed by atoms with Crippen molar-refractivity contribution in [2.75, 3.05) is 20.3 Å². The third kappa shape index (κ3) is 2.23. The summed E-state index contributed by atoms with van der Waals surface area (Å²) in [7, 11) is 3.66. The average Bonchev–Trinajstić information content (AvgIpc) is 2.78. The standard InChI is InChI=1S/C18H27N3O3/c1-11-7-14-15(19-20(3)16(14)12(2)24-11)17(22)21-6-5-18(21)8-13(9-18)10-23-4/h11-13H,5-10H2,1-4H3/t11-,12+,13?,18?/m0/s1. The van der Waals surface area contributed by atoms with Crippen LogP contribution in [0, 0.1) is 5.92 Å². The molecule has 1 spiro atoms. The maximum atomic E-state index is 13.2. The van der Waals surface area contributed by atoms with Gasteiger partial charge >= 0.3 is 0 Å². The highest BCUT2D eigenvalue weighted by Crippen LogP contribution is 2.51. The number of carbonyl (C=O) groups is 1. The highest BCUT2D eigenvalue weighted by Gasteiger charge is 2.56. The lowest BCUT2D eigenvalue weighted by atomic mass is 9.61. The number of rotatable bonds is 3.